The molecule has 1 aromatic heterocycles. The Hall–Kier alpha value is -1.87. The Bertz CT molecular complexity index is 465. The van der Waals surface area contributed by atoms with Crippen molar-refractivity contribution in [2.45, 2.75) is 32.2 Å². The lowest BCUT2D eigenvalue weighted by molar-refractivity contribution is 0.216. The Labute approximate surface area is 113 Å². The van der Waals surface area contributed by atoms with Gasteiger partial charge in [-0.3, -0.25) is 0 Å². The fourth-order valence-electron chi connectivity index (χ4n) is 2.43. The number of hydrogen-bond acceptors (Lipinski definition) is 6. The number of hydrogen-bond donors (Lipinski definition) is 2. The standard InChI is InChI=1S/C13H20N6/c1-2-5-19-6-3-4-11(9-19)17-13-16-8-10(7-14)12(15)18-13/h8,11H,2-6,9H2,1H3,(H3,15,16,17,18)/t11-/m0/s1. The molecule has 0 amide bonds. The molecule has 1 aliphatic rings. The summed E-state index contributed by atoms with van der Waals surface area (Å²) in [4.78, 5) is 10.7. The number of nitrogens with zero attached hydrogens (tertiary/aromatic N) is 4. The summed E-state index contributed by atoms with van der Waals surface area (Å²) in [5, 5.41) is 12.1. The highest BCUT2D eigenvalue weighted by Gasteiger charge is 2.19. The predicted octanol–water partition coefficient (Wildman–Crippen LogP) is 1.22. The number of nitriles is 1. The molecule has 1 fully saturated rings. The van der Waals surface area contributed by atoms with Gasteiger partial charge in [-0.2, -0.15) is 10.2 Å². The van der Waals surface area contributed by atoms with Crippen LogP contribution in [-0.2, 0) is 0 Å². The van der Waals surface area contributed by atoms with Crippen molar-refractivity contribution in [1.29, 1.82) is 5.26 Å². The average Bonchev–Trinajstić information content (AvgIpc) is 2.40. The first-order valence-corrected chi connectivity index (χ1v) is 6.74. The lowest BCUT2D eigenvalue weighted by Gasteiger charge is -2.32. The van der Waals surface area contributed by atoms with Crippen LogP contribution in [0.3, 0.4) is 0 Å². The first-order valence-electron chi connectivity index (χ1n) is 6.74. The maximum absolute atomic E-state index is 8.79. The molecule has 1 aromatic rings. The predicted molar refractivity (Wildman–Crippen MR) is 74.5 cm³/mol. The van der Waals surface area contributed by atoms with Crippen LogP contribution in [0.5, 0.6) is 0 Å². The molecule has 0 aliphatic carbocycles. The third-order valence-electron chi connectivity index (χ3n) is 3.32. The molecule has 2 rings (SSSR count). The zero-order chi connectivity index (χ0) is 13.7. The molecule has 0 bridgehead atoms. The first kappa shape index (κ1) is 13.6. The number of rotatable bonds is 4. The number of likely N-dealkylation sites (tertiary alicyclic amines) is 1. The van der Waals surface area contributed by atoms with Crippen molar-refractivity contribution >= 4 is 11.8 Å². The van der Waals surface area contributed by atoms with Crippen LogP contribution in [0.2, 0.25) is 0 Å². The SMILES string of the molecule is CCCN1CCC[C@H](Nc2ncc(C#N)c(N)n2)C1. The molecule has 0 spiro atoms. The molecule has 19 heavy (non-hydrogen) atoms. The van der Waals surface area contributed by atoms with Crippen molar-refractivity contribution in [3.63, 3.8) is 0 Å². The lowest BCUT2D eigenvalue weighted by Crippen LogP contribution is -2.42. The highest BCUT2D eigenvalue weighted by atomic mass is 15.2. The molecular formula is C13H20N6. The van der Waals surface area contributed by atoms with Gasteiger partial charge >= 0.3 is 0 Å². The Morgan fingerprint density at radius 1 is 1.63 bits per heavy atom. The molecule has 1 saturated heterocycles. The minimum absolute atomic E-state index is 0.237. The van der Waals surface area contributed by atoms with Crippen molar-refractivity contribution in [2.24, 2.45) is 0 Å². The van der Waals surface area contributed by atoms with Gasteiger partial charge in [0.05, 0.1) is 6.20 Å². The summed E-state index contributed by atoms with van der Waals surface area (Å²) >= 11 is 0. The number of piperidine rings is 1. The molecule has 0 saturated carbocycles. The van der Waals surface area contributed by atoms with Gasteiger partial charge in [-0.15, -0.1) is 0 Å². The van der Waals surface area contributed by atoms with Gasteiger partial charge in [0, 0.05) is 12.6 Å². The van der Waals surface area contributed by atoms with E-state index >= 15 is 0 Å². The van der Waals surface area contributed by atoms with E-state index in [4.69, 9.17) is 11.0 Å². The van der Waals surface area contributed by atoms with Gasteiger partial charge in [-0.25, -0.2) is 4.98 Å². The van der Waals surface area contributed by atoms with Crippen LogP contribution < -0.4 is 11.1 Å². The van der Waals surface area contributed by atoms with Crippen molar-refractivity contribution in [1.82, 2.24) is 14.9 Å². The monoisotopic (exact) mass is 260 g/mol. The minimum Gasteiger partial charge on any atom is -0.382 e. The highest BCUT2D eigenvalue weighted by Crippen LogP contribution is 2.15. The van der Waals surface area contributed by atoms with Crippen molar-refractivity contribution < 1.29 is 0 Å². The maximum atomic E-state index is 8.79. The molecule has 1 atom stereocenters. The van der Waals surface area contributed by atoms with E-state index in [-0.39, 0.29) is 5.82 Å². The number of aromatic nitrogens is 2. The van der Waals surface area contributed by atoms with Gasteiger partial charge in [0.25, 0.3) is 0 Å². The summed E-state index contributed by atoms with van der Waals surface area (Å²) in [6.07, 6.45) is 4.94. The molecule has 0 radical (unpaired) electrons. The van der Waals surface area contributed by atoms with Gasteiger partial charge in [0.1, 0.15) is 17.5 Å². The third-order valence-corrected chi connectivity index (χ3v) is 3.32. The first-order chi connectivity index (χ1) is 9.22. The van der Waals surface area contributed by atoms with Gasteiger partial charge in [-0.05, 0) is 32.4 Å². The van der Waals surface area contributed by atoms with Crippen LogP contribution in [0.15, 0.2) is 6.20 Å². The second-order valence-corrected chi connectivity index (χ2v) is 4.89. The smallest absolute Gasteiger partial charge is 0.224 e. The van der Waals surface area contributed by atoms with Crippen LogP contribution in [0.4, 0.5) is 11.8 Å². The van der Waals surface area contributed by atoms with E-state index in [0.29, 0.717) is 17.6 Å². The van der Waals surface area contributed by atoms with Crippen LogP contribution in [-0.4, -0.2) is 40.5 Å². The zero-order valence-electron chi connectivity index (χ0n) is 11.3. The van der Waals surface area contributed by atoms with E-state index in [1.54, 1.807) is 0 Å². The maximum Gasteiger partial charge on any atom is 0.224 e. The van der Waals surface area contributed by atoms with Crippen molar-refractivity contribution in [3.8, 4) is 6.07 Å². The lowest BCUT2D eigenvalue weighted by atomic mass is 10.1. The van der Waals surface area contributed by atoms with Gasteiger partial charge in [0.15, 0.2) is 0 Å². The van der Waals surface area contributed by atoms with Gasteiger partial charge in [0.2, 0.25) is 5.95 Å². The number of nitrogen functional groups attached to an aromatic ring is 1. The van der Waals surface area contributed by atoms with Crippen molar-refractivity contribution in [3.05, 3.63) is 11.8 Å². The fourth-order valence-corrected chi connectivity index (χ4v) is 2.43. The number of nitrogens with two attached hydrogens (primary N) is 1. The van der Waals surface area contributed by atoms with Crippen molar-refractivity contribution in [2.75, 3.05) is 30.7 Å². The molecule has 0 unspecified atom stereocenters. The summed E-state index contributed by atoms with van der Waals surface area (Å²) in [7, 11) is 0. The molecular weight excluding hydrogens is 240 g/mol. The second-order valence-electron chi connectivity index (χ2n) is 4.89. The van der Waals surface area contributed by atoms with E-state index in [0.717, 1.165) is 19.5 Å². The van der Waals surface area contributed by atoms with E-state index in [9.17, 15) is 0 Å². The quantitative estimate of drug-likeness (QED) is 0.845. The molecule has 0 aromatic carbocycles. The fraction of sp³-hybridized carbons (Fsp3) is 0.615. The second kappa shape index (κ2) is 6.34. The molecule has 3 N–H and O–H groups in total. The van der Waals surface area contributed by atoms with Gasteiger partial charge < -0.3 is 16.0 Å². The van der Waals surface area contributed by atoms with Gasteiger partial charge in [-0.1, -0.05) is 6.92 Å². The summed E-state index contributed by atoms with van der Waals surface area (Å²) in [5.41, 5.74) is 6.01. The molecule has 1 aliphatic heterocycles. The normalized spacial score (nSPS) is 19.9. The third kappa shape index (κ3) is 3.55. The van der Waals surface area contributed by atoms with E-state index < -0.39 is 0 Å². The van der Waals surface area contributed by atoms with E-state index in [1.807, 2.05) is 6.07 Å². The Morgan fingerprint density at radius 2 is 2.47 bits per heavy atom. The summed E-state index contributed by atoms with van der Waals surface area (Å²) in [5.74, 6) is 0.751. The summed E-state index contributed by atoms with van der Waals surface area (Å²) in [6, 6.07) is 2.32. The molecule has 102 valence electrons. The van der Waals surface area contributed by atoms with E-state index in [1.165, 1.54) is 25.6 Å². The minimum atomic E-state index is 0.237. The zero-order valence-corrected chi connectivity index (χ0v) is 11.3. The highest BCUT2D eigenvalue weighted by molar-refractivity contribution is 5.49. The molecule has 2 heterocycles. The van der Waals surface area contributed by atoms with Crippen LogP contribution in [0, 0.1) is 11.3 Å². The van der Waals surface area contributed by atoms with Crippen LogP contribution in [0.25, 0.3) is 0 Å². The largest absolute Gasteiger partial charge is 0.382 e. The topological polar surface area (TPSA) is 90.9 Å². The molecule has 6 heteroatoms. The Morgan fingerprint density at radius 3 is 3.16 bits per heavy atom. The molecule has 6 nitrogen and oxygen atoms in total. The summed E-state index contributed by atoms with van der Waals surface area (Å²) in [6.45, 7) is 5.51. The number of anilines is 2. The van der Waals surface area contributed by atoms with Crippen LogP contribution in [0.1, 0.15) is 31.7 Å². The van der Waals surface area contributed by atoms with E-state index in [2.05, 4.69) is 27.1 Å². The Kier molecular flexibility index (Phi) is 4.53. The number of nitrogens with one attached hydrogen (secondary N) is 1. The average molecular weight is 260 g/mol. The van der Waals surface area contributed by atoms with Crippen LogP contribution >= 0.6 is 0 Å². The summed E-state index contributed by atoms with van der Waals surface area (Å²) < 4.78 is 0. The Balaban J connectivity index is 1.97.